The van der Waals surface area contributed by atoms with Crippen LogP contribution in [-0.2, 0) is 47.9 Å². The zero-order valence-corrected chi connectivity index (χ0v) is 47.8. The zero-order chi connectivity index (χ0) is 61.3. The Morgan fingerprint density at radius 3 is 1.22 bits per heavy atom. The fraction of sp³-hybridized carbons (Fsp3) is 0.483. The number of fused-ring (bicyclic) bond motifs is 6. The third kappa shape index (κ3) is 13.8. The Kier molecular flexibility index (Phi) is 19.2. The van der Waals surface area contributed by atoms with Gasteiger partial charge in [-0.25, -0.2) is 9.97 Å². The minimum atomic E-state index is -1.57. The highest BCUT2D eigenvalue weighted by molar-refractivity contribution is 6.03. The quantitative estimate of drug-likeness (QED) is 0.112. The predicted molar refractivity (Wildman–Crippen MR) is 305 cm³/mol. The molecule has 5 aliphatic rings. The summed E-state index contributed by atoms with van der Waals surface area (Å²) in [5.41, 5.74) is -0.131. The van der Waals surface area contributed by atoms with Gasteiger partial charge in [-0.3, -0.25) is 57.5 Å². The summed E-state index contributed by atoms with van der Waals surface area (Å²) in [6, 6.07) is 8.41. The van der Waals surface area contributed by atoms with Gasteiger partial charge in [-0.05, 0) is 88.5 Å². The Morgan fingerprint density at radius 2 is 0.814 bits per heavy atom. The molecule has 6 atom stereocenters. The van der Waals surface area contributed by atoms with E-state index in [9.17, 15) is 67.7 Å². The first kappa shape index (κ1) is 61.1. The van der Waals surface area contributed by atoms with E-state index in [1.54, 1.807) is 48.5 Å². The second kappa shape index (κ2) is 27.0. The van der Waals surface area contributed by atoms with E-state index in [1.807, 2.05) is 0 Å². The Balaban J connectivity index is 0.963. The molecule has 28 nitrogen and oxygen atoms in total. The highest BCUT2D eigenvalue weighted by atomic mass is 16.3. The molecule has 12 amide bonds. The average Bonchev–Trinajstić information content (AvgIpc) is 3.87. The summed E-state index contributed by atoms with van der Waals surface area (Å²) in [4.78, 5) is 185. The summed E-state index contributed by atoms with van der Waals surface area (Å²) in [7, 11) is 2.66. The third-order valence-electron chi connectivity index (χ3n) is 16.4. The molecule has 86 heavy (non-hydrogen) atoms. The number of nitrogens with one attached hydrogen (secondary N) is 6. The van der Waals surface area contributed by atoms with Crippen LogP contribution >= 0.6 is 0 Å². The van der Waals surface area contributed by atoms with Crippen molar-refractivity contribution in [1.29, 1.82) is 0 Å². The van der Waals surface area contributed by atoms with Gasteiger partial charge in [0.15, 0.2) is 11.4 Å². The van der Waals surface area contributed by atoms with E-state index in [4.69, 9.17) is 0 Å². The second-order valence-corrected chi connectivity index (χ2v) is 22.2. The molecule has 0 radical (unpaired) electrons. The molecule has 7 heterocycles. The largest absolute Gasteiger partial charge is 0.505 e. The summed E-state index contributed by atoms with van der Waals surface area (Å²) >= 11 is 0. The zero-order valence-electron chi connectivity index (χ0n) is 47.8. The van der Waals surface area contributed by atoms with Gasteiger partial charge in [-0.15, -0.1) is 0 Å². The lowest BCUT2D eigenvalue weighted by Crippen LogP contribution is -2.61. The number of para-hydroxylation sites is 2. The predicted octanol–water partition coefficient (Wildman–Crippen LogP) is -1.77. The van der Waals surface area contributed by atoms with Crippen LogP contribution in [-0.4, -0.2) is 236 Å². The van der Waals surface area contributed by atoms with Crippen LogP contribution < -0.4 is 31.9 Å². The van der Waals surface area contributed by atoms with E-state index in [0.29, 0.717) is 60.3 Å². The molecule has 4 aromatic rings. The fourth-order valence-electron chi connectivity index (χ4n) is 11.6. The van der Waals surface area contributed by atoms with Crippen molar-refractivity contribution in [2.75, 3.05) is 79.5 Å². The van der Waals surface area contributed by atoms with Crippen LogP contribution in [0.15, 0.2) is 60.7 Å². The molecule has 0 saturated carbocycles. The minimum absolute atomic E-state index is 0.0302. The maximum Gasteiger partial charge on any atom is 0.274 e. The van der Waals surface area contributed by atoms with Crippen LogP contribution in [0, 0.1) is 0 Å². The van der Waals surface area contributed by atoms with Crippen molar-refractivity contribution in [3.8, 4) is 11.5 Å². The molecule has 2 aromatic heterocycles. The molecule has 5 saturated heterocycles. The molecule has 456 valence electrons. The molecule has 5 aliphatic heterocycles. The van der Waals surface area contributed by atoms with Crippen molar-refractivity contribution in [2.45, 2.75) is 100 Å². The number of aromatic hydroxyl groups is 2. The number of benzene rings is 2. The Hall–Kier alpha value is -9.50. The monoisotopic (exact) mass is 1190 g/mol. The number of hydrogen-bond donors (Lipinski definition) is 8. The molecule has 8 N–H and O–H groups in total. The van der Waals surface area contributed by atoms with Crippen LogP contribution in [0.25, 0.3) is 21.8 Å². The van der Waals surface area contributed by atoms with Crippen molar-refractivity contribution in [3.05, 3.63) is 72.1 Å². The standard InChI is InChI=1S/C58H70N14O14/c1-67-31-47(77)69-23-11-19-39(69)51(79)59-27-37(65-55(83)49-43(73)25-33-13-3-5-15-35(33)63-49)58(86)72-22-10-8-18-42(72)54(82)62-30-46(76)68(2)32-48(78)70-24-12-20-40(70)52(80)60-28-38(57(85)71-21-9-7-17-41(71)53(81)61-29-45(67)75)66-56(84)50-44(74)26-34-14-4-6-16-36(34)64-50/h3-6,13-16,25-26,37-42,73-74H,7-12,17-24,27-32H2,1-2H3,(H,59,79)(H,60,80)(H,61,81)(H,62,82)(H,65,83)(H,66,84)/t37-,38-,39?,40?,41+,42+/m1/s1. The lowest BCUT2D eigenvalue weighted by atomic mass is 10.00. The number of nitrogens with zero attached hydrogens (tertiary/aromatic N) is 8. The van der Waals surface area contributed by atoms with Crippen molar-refractivity contribution >= 4 is 92.7 Å². The summed E-state index contributed by atoms with van der Waals surface area (Å²) in [6.07, 6.45) is 3.33. The van der Waals surface area contributed by atoms with Gasteiger partial charge in [0.1, 0.15) is 47.8 Å². The molecule has 0 spiro atoms. The van der Waals surface area contributed by atoms with Gasteiger partial charge in [0, 0.05) is 64.1 Å². The van der Waals surface area contributed by atoms with Gasteiger partial charge >= 0.3 is 0 Å². The van der Waals surface area contributed by atoms with E-state index in [2.05, 4.69) is 41.9 Å². The van der Waals surface area contributed by atoms with Crippen molar-refractivity contribution in [1.82, 2.24) is 71.3 Å². The lowest BCUT2D eigenvalue weighted by molar-refractivity contribution is -0.145. The first-order valence-electron chi connectivity index (χ1n) is 28.9. The summed E-state index contributed by atoms with van der Waals surface area (Å²) in [5.74, 6) is -10.0. The minimum Gasteiger partial charge on any atom is -0.505 e. The number of carbonyl (C=O) groups excluding carboxylic acids is 12. The molecular formula is C58H70N14O14. The number of pyridine rings is 2. The molecule has 5 fully saturated rings. The van der Waals surface area contributed by atoms with Crippen LogP contribution in [0.3, 0.4) is 0 Å². The molecule has 2 unspecified atom stereocenters. The molecule has 9 rings (SSSR count). The SMILES string of the molecule is CN1CC(=O)N2CCCC2C(=O)NC[C@@H](NC(=O)c2nc3ccccc3cc2O)C(=O)N2CCCC[C@H]2C(=O)NCC(=O)N(C)CC(=O)N2CCCC2C(=O)NC[C@@H](NC(=O)c2nc3ccccc3cc2O)C(=O)N2CCCC[C@H]2C(=O)NCC1=O. The first-order valence-corrected chi connectivity index (χ1v) is 28.9. The maximum absolute atomic E-state index is 14.7. The lowest BCUT2D eigenvalue weighted by Gasteiger charge is -2.37. The third-order valence-corrected chi connectivity index (χ3v) is 16.4. The van der Waals surface area contributed by atoms with Crippen LogP contribution in [0.2, 0.25) is 0 Å². The molecule has 0 bridgehead atoms. The number of rotatable bonds is 4. The average molecular weight is 1190 g/mol. The van der Waals surface area contributed by atoms with Gasteiger partial charge in [0.05, 0.1) is 37.2 Å². The molecular weight excluding hydrogens is 1120 g/mol. The molecule has 0 aliphatic carbocycles. The number of likely N-dealkylation sites (N-methyl/N-ethyl adjacent to an activating group) is 2. The van der Waals surface area contributed by atoms with Gasteiger partial charge in [0.25, 0.3) is 11.8 Å². The Labute approximate surface area is 493 Å². The van der Waals surface area contributed by atoms with Crippen molar-refractivity contribution in [2.24, 2.45) is 0 Å². The van der Waals surface area contributed by atoms with Gasteiger partial charge in [-0.1, -0.05) is 36.4 Å². The highest BCUT2D eigenvalue weighted by Crippen LogP contribution is 2.26. The smallest absolute Gasteiger partial charge is 0.274 e. The van der Waals surface area contributed by atoms with Crippen LogP contribution in [0.4, 0.5) is 0 Å². The molecule has 28 heteroatoms. The fourth-order valence-corrected chi connectivity index (χ4v) is 11.6. The highest BCUT2D eigenvalue weighted by Gasteiger charge is 2.42. The van der Waals surface area contributed by atoms with Crippen molar-refractivity contribution in [3.63, 3.8) is 0 Å². The van der Waals surface area contributed by atoms with E-state index in [-0.39, 0.29) is 51.9 Å². The van der Waals surface area contributed by atoms with E-state index < -0.39 is 169 Å². The second-order valence-electron chi connectivity index (χ2n) is 22.2. The topological polar surface area (TPSA) is 363 Å². The van der Waals surface area contributed by atoms with Gasteiger partial charge in [0.2, 0.25) is 59.1 Å². The number of piperidine rings is 2. The van der Waals surface area contributed by atoms with Crippen LogP contribution in [0.5, 0.6) is 11.5 Å². The van der Waals surface area contributed by atoms with Gasteiger partial charge < -0.3 is 71.5 Å². The number of aromatic nitrogens is 2. The van der Waals surface area contributed by atoms with E-state index in [0.717, 1.165) is 9.80 Å². The first-order chi connectivity index (χ1) is 41.3. The normalized spacial score (nSPS) is 24.3. The number of carbonyl (C=O) groups is 12. The summed E-state index contributed by atoms with van der Waals surface area (Å²) < 4.78 is 0. The van der Waals surface area contributed by atoms with Gasteiger partial charge in [-0.2, -0.15) is 0 Å². The maximum atomic E-state index is 14.7. The van der Waals surface area contributed by atoms with Crippen molar-refractivity contribution < 1.29 is 67.7 Å². The Bertz CT molecular complexity index is 3150. The number of hydrogen-bond acceptors (Lipinski definition) is 16. The Morgan fingerprint density at radius 1 is 0.465 bits per heavy atom. The summed E-state index contributed by atoms with van der Waals surface area (Å²) in [5, 5.41) is 38.6. The van der Waals surface area contributed by atoms with E-state index >= 15 is 0 Å². The summed E-state index contributed by atoms with van der Waals surface area (Å²) in [6.45, 7) is -3.06. The van der Waals surface area contributed by atoms with Crippen LogP contribution in [0.1, 0.15) is 85.2 Å². The van der Waals surface area contributed by atoms with E-state index in [1.165, 1.54) is 45.8 Å². The number of amides is 12. The molecule has 2 aromatic carbocycles.